The van der Waals surface area contributed by atoms with Gasteiger partial charge in [-0.25, -0.2) is 9.59 Å². The fourth-order valence-electron chi connectivity index (χ4n) is 2.12. The van der Waals surface area contributed by atoms with Crippen molar-refractivity contribution in [2.45, 2.75) is 6.10 Å². The number of hydrogen-bond donors (Lipinski definition) is 2. The lowest BCUT2D eigenvalue weighted by Crippen LogP contribution is -2.41. The van der Waals surface area contributed by atoms with Gasteiger partial charge < -0.3 is 19.5 Å². The topological polar surface area (TPSA) is 103 Å². The average molecular weight is 372 g/mol. The molecule has 2 aromatic carbocycles. The van der Waals surface area contributed by atoms with Crippen molar-refractivity contribution in [3.05, 3.63) is 60.2 Å². The third kappa shape index (κ3) is 6.03. The maximum atomic E-state index is 12.3. The Hall–Kier alpha value is -3.55. The number of imide groups is 1. The molecule has 0 bridgehead atoms. The van der Waals surface area contributed by atoms with Crippen molar-refractivity contribution in [1.29, 1.82) is 0 Å². The zero-order valence-electron chi connectivity index (χ0n) is 14.9. The molecule has 2 N–H and O–H groups in total. The maximum absolute atomic E-state index is 12.3. The number of carbonyl (C=O) groups excluding carboxylic acids is 3. The van der Waals surface area contributed by atoms with Crippen molar-refractivity contribution < 1.29 is 28.6 Å². The highest BCUT2D eigenvalue weighted by molar-refractivity contribution is 5.97. The zero-order valence-corrected chi connectivity index (χ0v) is 14.9. The van der Waals surface area contributed by atoms with Crippen molar-refractivity contribution >= 4 is 17.9 Å². The summed E-state index contributed by atoms with van der Waals surface area (Å²) in [5.41, 5.74) is 0.428. The minimum Gasteiger partial charge on any atom is -0.497 e. The molecule has 0 unspecified atom stereocenters. The lowest BCUT2D eigenvalue weighted by Gasteiger charge is -2.17. The molecule has 8 heteroatoms. The van der Waals surface area contributed by atoms with Crippen LogP contribution in [-0.2, 0) is 14.3 Å². The first-order valence-corrected chi connectivity index (χ1v) is 8.07. The molecule has 8 nitrogen and oxygen atoms in total. The summed E-state index contributed by atoms with van der Waals surface area (Å²) in [6, 6.07) is 14.3. The van der Waals surface area contributed by atoms with Crippen molar-refractivity contribution in [2.75, 3.05) is 20.8 Å². The van der Waals surface area contributed by atoms with Crippen molar-refractivity contribution in [3.63, 3.8) is 0 Å². The van der Waals surface area contributed by atoms with Crippen LogP contribution in [0, 0.1) is 0 Å². The largest absolute Gasteiger partial charge is 0.497 e. The Kier molecular flexibility index (Phi) is 7.18. The zero-order chi connectivity index (χ0) is 19.6. The number of urea groups is 1. The predicted molar refractivity (Wildman–Crippen MR) is 96.4 cm³/mol. The average Bonchev–Trinajstić information content (AvgIpc) is 2.71. The van der Waals surface area contributed by atoms with E-state index in [1.54, 1.807) is 61.7 Å². The molecule has 27 heavy (non-hydrogen) atoms. The van der Waals surface area contributed by atoms with Crippen LogP contribution in [0.1, 0.15) is 11.7 Å². The molecule has 3 amide bonds. The minimum absolute atomic E-state index is 0.400. The van der Waals surface area contributed by atoms with Gasteiger partial charge in [-0.05, 0) is 24.3 Å². The molecule has 0 saturated carbocycles. The number of benzene rings is 2. The van der Waals surface area contributed by atoms with Gasteiger partial charge >= 0.3 is 12.0 Å². The van der Waals surface area contributed by atoms with Gasteiger partial charge in [-0.2, -0.15) is 0 Å². The first kappa shape index (κ1) is 19.8. The number of methoxy groups -OCH3 is 1. The summed E-state index contributed by atoms with van der Waals surface area (Å²) in [4.78, 5) is 35.8. The molecule has 0 aliphatic heterocycles. The molecular formula is C19H20N2O6. The quantitative estimate of drug-likeness (QED) is 0.719. The molecule has 2 rings (SSSR count). The summed E-state index contributed by atoms with van der Waals surface area (Å²) in [7, 11) is 2.91. The van der Waals surface area contributed by atoms with E-state index in [0.29, 0.717) is 17.1 Å². The van der Waals surface area contributed by atoms with Crippen LogP contribution >= 0.6 is 0 Å². The fraction of sp³-hybridized carbons (Fsp3) is 0.211. The van der Waals surface area contributed by atoms with E-state index in [1.807, 2.05) is 0 Å². The Morgan fingerprint density at radius 3 is 2.19 bits per heavy atom. The summed E-state index contributed by atoms with van der Waals surface area (Å²) in [5, 5.41) is 4.36. The lowest BCUT2D eigenvalue weighted by atomic mass is 10.1. The lowest BCUT2D eigenvalue weighted by molar-refractivity contribution is -0.158. The Morgan fingerprint density at radius 1 is 0.963 bits per heavy atom. The van der Waals surface area contributed by atoms with E-state index in [-0.39, 0.29) is 0 Å². The van der Waals surface area contributed by atoms with Gasteiger partial charge in [-0.3, -0.25) is 10.1 Å². The van der Waals surface area contributed by atoms with Crippen LogP contribution in [0.4, 0.5) is 4.79 Å². The third-order valence-corrected chi connectivity index (χ3v) is 3.47. The summed E-state index contributed by atoms with van der Waals surface area (Å²) in [6.45, 7) is -0.400. The SMILES string of the molecule is CNC(=O)NC(=O)[C@H](OC(=O)COc1ccc(OC)cc1)c1ccccc1. The van der Waals surface area contributed by atoms with E-state index >= 15 is 0 Å². The highest BCUT2D eigenvalue weighted by Crippen LogP contribution is 2.19. The fourth-order valence-corrected chi connectivity index (χ4v) is 2.12. The Labute approximate surface area is 156 Å². The second-order valence-corrected chi connectivity index (χ2v) is 5.31. The van der Waals surface area contributed by atoms with Crippen molar-refractivity contribution in [1.82, 2.24) is 10.6 Å². The van der Waals surface area contributed by atoms with E-state index in [0.717, 1.165) is 0 Å². The number of esters is 1. The van der Waals surface area contributed by atoms with Crippen LogP contribution in [0.5, 0.6) is 11.5 Å². The van der Waals surface area contributed by atoms with E-state index in [1.165, 1.54) is 7.05 Å². The van der Waals surface area contributed by atoms with E-state index < -0.39 is 30.6 Å². The van der Waals surface area contributed by atoms with Crippen LogP contribution in [0.25, 0.3) is 0 Å². The van der Waals surface area contributed by atoms with E-state index in [4.69, 9.17) is 14.2 Å². The van der Waals surface area contributed by atoms with Gasteiger partial charge in [0.15, 0.2) is 6.61 Å². The number of carbonyl (C=O) groups is 3. The van der Waals surface area contributed by atoms with Crippen molar-refractivity contribution in [3.8, 4) is 11.5 Å². The molecule has 0 spiro atoms. The van der Waals surface area contributed by atoms with Gasteiger partial charge in [0, 0.05) is 12.6 Å². The number of amides is 3. The normalized spacial score (nSPS) is 11.0. The van der Waals surface area contributed by atoms with Crippen LogP contribution < -0.4 is 20.1 Å². The number of ether oxygens (including phenoxy) is 3. The molecule has 0 fully saturated rings. The predicted octanol–water partition coefficient (Wildman–Crippen LogP) is 1.81. The monoisotopic (exact) mass is 372 g/mol. The van der Waals surface area contributed by atoms with Crippen LogP contribution in [-0.4, -0.2) is 38.7 Å². The van der Waals surface area contributed by atoms with Crippen LogP contribution in [0.3, 0.4) is 0 Å². The van der Waals surface area contributed by atoms with Crippen LogP contribution in [0.2, 0.25) is 0 Å². The standard InChI is InChI=1S/C19H20N2O6/c1-20-19(24)21-18(23)17(13-6-4-3-5-7-13)27-16(22)12-26-15-10-8-14(25-2)9-11-15/h3-11,17H,12H2,1-2H3,(H2,20,21,23,24)/t17-/m1/s1. The van der Waals surface area contributed by atoms with Crippen molar-refractivity contribution in [2.24, 2.45) is 0 Å². The first-order valence-electron chi connectivity index (χ1n) is 8.07. The van der Waals surface area contributed by atoms with Gasteiger partial charge in [0.2, 0.25) is 6.10 Å². The van der Waals surface area contributed by atoms with Gasteiger partial charge in [-0.15, -0.1) is 0 Å². The molecule has 0 aliphatic carbocycles. The van der Waals surface area contributed by atoms with Crippen LogP contribution in [0.15, 0.2) is 54.6 Å². The molecule has 2 aromatic rings. The third-order valence-electron chi connectivity index (χ3n) is 3.47. The maximum Gasteiger partial charge on any atom is 0.345 e. The first-order chi connectivity index (χ1) is 13.0. The number of nitrogens with one attached hydrogen (secondary N) is 2. The summed E-state index contributed by atoms with van der Waals surface area (Å²) in [6.07, 6.45) is -1.28. The second kappa shape index (κ2) is 9.81. The number of rotatable bonds is 7. The molecule has 0 radical (unpaired) electrons. The van der Waals surface area contributed by atoms with Gasteiger partial charge in [0.25, 0.3) is 5.91 Å². The smallest absolute Gasteiger partial charge is 0.345 e. The molecule has 0 saturated heterocycles. The molecular weight excluding hydrogens is 352 g/mol. The summed E-state index contributed by atoms with van der Waals surface area (Å²) >= 11 is 0. The summed E-state index contributed by atoms with van der Waals surface area (Å²) in [5.74, 6) is -0.427. The summed E-state index contributed by atoms with van der Waals surface area (Å²) < 4.78 is 15.6. The molecule has 0 heterocycles. The van der Waals surface area contributed by atoms with Gasteiger partial charge in [-0.1, -0.05) is 30.3 Å². The Balaban J connectivity index is 2.01. The Bertz CT molecular complexity index is 777. The van der Waals surface area contributed by atoms with E-state index in [9.17, 15) is 14.4 Å². The highest BCUT2D eigenvalue weighted by Gasteiger charge is 2.26. The molecule has 142 valence electrons. The molecule has 0 aliphatic rings. The van der Waals surface area contributed by atoms with E-state index in [2.05, 4.69) is 10.6 Å². The molecule has 1 atom stereocenters. The van der Waals surface area contributed by atoms with Gasteiger partial charge in [0.05, 0.1) is 7.11 Å². The van der Waals surface area contributed by atoms with Gasteiger partial charge in [0.1, 0.15) is 11.5 Å². The highest BCUT2D eigenvalue weighted by atomic mass is 16.6. The number of hydrogen-bond acceptors (Lipinski definition) is 6. The Morgan fingerprint density at radius 2 is 1.59 bits per heavy atom. The second-order valence-electron chi connectivity index (χ2n) is 5.31. The molecule has 0 aromatic heterocycles. The minimum atomic E-state index is -1.28.